The Morgan fingerprint density at radius 1 is 1.50 bits per heavy atom. The summed E-state index contributed by atoms with van der Waals surface area (Å²) in [5.41, 5.74) is 1.68. The quantitative estimate of drug-likeness (QED) is 0.359. The fourth-order valence-electron chi connectivity index (χ4n) is 1.30. The smallest absolute Gasteiger partial charge is 0.267 e. The van der Waals surface area contributed by atoms with Gasteiger partial charge in [-0.2, -0.15) is 5.26 Å². The predicted molar refractivity (Wildman–Crippen MR) is 71.7 cm³/mol. The third-order valence-corrected chi connectivity index (χ3v) is 2.27. The molecule has 2 N–H and O–H groups in total. The molecule has 1 amide bonds. The van der Waals surface area contributed by atoms with Gasteiger partial charge in [-0.15, -0.1) is 6.58 Å². The second kappa shape index (κ2) is 6.92. The zero-order valence-electron chi connectivity index (χ0n) is 10.2. The summed E-state index contributed by atoms with van der Waals surface area (Å²) in [6.07, 6.45) is 3.03. The Hall–Kier alpha value is -2.54. The maximum absolute atomic E-state index is 11.8. The van der Waals surface area contributed by atoms with Gasteiger partial charge in [-0.1, -0.05) is 24.3 Å². The van der Waals surface area contributed by atoms with Gasteiger partial charge in [0.2, 0.25) is 0 Å². The van der Waals surface area contributed by atoms with Crippen molar-refractivity contribution in [1.82, 2.24) is 5.32 Å². The molecule has 0 aliphatic carbocycles. The van der Waals surface area contributed by atoms with Gasteiger partial charge in [-0.25, -0.2) is 0 Å². The van der Waals surface area contributed by atoms with E-state index in [1.54, 1.807) is 12.1 Å². The number of aryl methyl sites for hydroxylation is 1. The van der Waals surface area contributed by atoms with Crippen LogP contribution in [0.15, 0.2) is 48.7 Å². The average Bonchev–Trinajstić information content (AvgIpc) is 2.37. The number of para-hydroxylation sites is 1. The van der Waals surface area contributed by atoms with Crippen molar-refractivity contribution in [2.24, 2.45) is 0 Å². The number of hydrogen-bond acceptors (Lipinski definition) is 3. The highest BCUT2D eigenvalue weighted by atomic mass is 16.1. The predicted octanol–water partition coefficient (Wildman–Crippen LogP) is 2.12. The number of hydrogen-bond donors (Lipinski definition) is 2. The van der Waals surface area contributed by atoms with E-state index in [0.29, 0.717) is 12.2 Å². The van der Waals surface area contributed by atoms with E-state index in [2.05, 4.69) is 17.2 Å². The lowest BCUT2D eigenvalue weighted by Gasteiger charge is -2.07. The van der Waals surface area contributed by atoms with Gasteiger partial charge in [0, 0.05) is 18.4 Å². The van der Waals surface area contributed by atoms with Crippen molar-refractivity contribution in [2.75, 3.05) is 11.9 Å². The maximum atomic E-state index is 11.8. The molecule has 4 nitrogen and oxygen atoms in total. The molecule has 92 valence electrons. The van der Waals surface area contributed by atoms with Crippen LogP contribution in [0.25, 0.3) is 0 Å². The number of nitrogens with one attached hydrogen (secondary N) is 2. The van der Waals surface area contributed by atoms with Crippen molar-refractivity contribution in [1.29, 1.82) is 5.26 Å². The average molecular weight is 241 g/mol. The monoisotopic (exact) mass is 241 g/mol. The van der Waals surface area contributed by atoms with E-state index in [-0.39, 0.29) is 5.57 Å². The van der Waals surface area contributed by atoms with Crippen molar-refractivity contribution < 1.29 is 4.79 Å². The first kappa shape index (κ1) is 13.5. The molecule has 0 atom stereocenters. The largest absolute Gasteiger partial charge is 0.386 e. The number of anilines is 1. The molecule has 18 heavy (non-hydrogen) atoms. The minimum absolute atomic E-state index is 0.0279. The zero-order chi connectivity index (χ0) is 13.4. The van der Waals surface area contributed by atoms with Gasteiger partial charge < -0.3 is 10.6 Å². The summed E-state index contributed by atoms with van der Waals surface area (Å²) in [6, 6.07) is 9.25. The van der Waals surface area contributed by atoms with Gasteiger partial charge in [0.15, 0.2) is 0 Å². The van der Waals surface area contributed by atoms with Crippen LogP contribution in [0, 0.1) is 18.3 Å². The SMILES string of the molecule is C=CCN/C=C(/C#N)C(=O)Nc1ccccc1C. The molecular formula is C14H15N3O. The number of nitriles is 1. The van der Waals surface area contributed by atoms with Crippen LogP contribution in [0.2, 0.25) is 0 Å². The maximum Gasteiger partial charge on any atom is 0.267 e. The molecule has 0 saturated carbocycles. The van der Waals surface area contributed by atoms with Crippen molar-refractivity contribution in [2.45, 2.75) is 6.92 Å². The van der Waals surface area contributed by atoms with E-state index in [0.717, 1.165) is 5.56 Å². The van der Waals surface area contributed by atoms with Gasteiger partial charge in [0.25, 0.3) is 5.91 Å². The molecule has 1 aromatic carbocycles. The van der Waals surface area contributed by atoms with Gasteiger partial charge in [-0.3, -0.25) is 4.79 Å². The van der Waals surface area contributed by atoms with Crippen LogP contribution >= 0.6 is 0 Å². The summed E-state index contributed by atoms with van der Waals surface area (Å²) < 4.78 is 0. The first-order valence-electron chi connectivity index (χ1n) is 5.50. The molecule has 1 aromatic rings. The molecule has 0 aliphatic heterocycles. The first-order chi connectivity index (χ1) is 8.69. The number of rotatable bonds is 5. The number of carbonyl (C=O) groups is 1. The number of nitrogens with zero attached hydrogens (tertiary/aromatic N) is 1. The molecule has 0 aromatic heterocycles. The van der Waals surface area contributed by atoms with Crippen LogP contribution in [0.3, 0.4) is 0 Å². The number of amides is 1. The van der Waals surface area contributed by atoms with E-state index in [9.17, 15) is 4.79 Å². The molecule has 4 heteroatoms. The highest BCUT2D eigenvalue weighted by Gasteiger charge is 2.09. The van der Waals surface area contributed by atoms with Crippen LogP contribution in [-0.2, 0) is 4.79 Å². The summed E-state index contributed by atoms with van der Waals surface area (Å²) in [7, 11) is 0. The Labute approximate surface area is 107 Å². The van der Waals surface area contributed by atoms with Crippen molar-refractivity contribution >= 4 is 11.6 Å². The third kappa shape index (κ3) is 3.80. The lowest BCUT2D eigenvalue weighted by atomic mass is 10.2. The Balaban J connectivity index is 2.75. The molecule has 0 heterocycles. The second-order valence-corrected chi connectivity index (χ2v) is 3.64. The highest BCUT2D eigenvalue weighted by Crippen LogP contribution is 2.13. The molecule has 0 fully saturated rings. The summed E-state index contributed by atoms with van der Waals surface area (Å²) in [4.78, 5) is 11.8. The molecule has 1 rings (SSSR count). The minimum Gasteiger partial charge on any atom is -0.386 e. The Morgan fingerprint density at radius 3 is 2.83 bits per heavy atom. The lowest BCUT2D eigenvalue weighted by Crippen LogP contribution is -2.17. The van der Waals surface area contributed by atoms with E-state index in [1.807, 2.05) is 31.2 Å². The second-order valence-electron chi connectivity index (χ2n) is 3.64. The number of carbonyl (C=O) groups excluding carboxylic acids is 1. The fourth-order valence-corrected chi connectivity index (χ4v) is 1.30. The van der Waals surface area contributed by atoms with Gasteiger partial charge in [-0.05, 0) is 18.6 Å². The fraction of sp³-hybridized carbons (Fsp3) is 0.143. The zero-order valence-corrected chi connectivity index (χ0v) is 10.2. The summed E-state index contributed by atoms with van der Waals surface area (Å²) in [6.45, 7) is 5.93. The molecule has 0 aliphatic rings. The van der Waals surface area contributed by atoms with Crippen LogP contribution in [0.4, 0.5) is 5.69 Å². The van der Waals surface area contributed by atoms with Crippen molar-refractivity contribution in [3.8, 4) is 6.07 Å². The van der Waals surface area contributed by atoms with Crippen LogP contribution < -0.4 is 10.6 Å². The van der Waals surface area contributed by atoms with Crippen molar-refractivity contribution in [3.05, 3.63) is 54.3 Å². The van der Waals surface area contributed by atoms with E-state index >= 15 is 0 Å². The normalized spacial score (nSPS) is 10.3. The first-order valence-corrected chi connectivity index (χ1v) is 5.50. The molecular weight excluding hydrogens is 226 g/mol. The van der Waals surface area contributed by atoms with Gasteiger partial charge in [0.05, 0.1) is 0 Å². The van der Waals surface area contributed by atoms with Crippen LogP contribution in [0.1, 0.15) is 5.56 Å². The van der Waals surface area contributed by atoms with E-state index < -0.39 is 5.91 Å². The van der Waals surface area contributed by atoms with Gasteiger partial charge in [0.1, 0.15) is 11.6 Å². The lowest BCUT2D eigenvalue weighted by molar-refractivity contribution is -0.112. The molecule has 0 radical (unpaired) electrons. The van der Waals surface area contributed by atoms with E-state index in [4.69, 9.17) is 5.26 Å². The Morgan fingerprint density at radius 2 is 2.22 bits per heavy atom. The van der Waals surface area contributed by atoms with Crippen LogP contribution in [0.5, 0.6) is 0 Å². The molecule has 0 spiro atoms. The molecule has 0 bridgehead atoms. The third-order valence-electron chi connectivity index (χ3n) is 2.27. The molecule has 0 saturated heterocycles. The summed E-state index contributed by atoms with van der Waals surface area (Å²) >= 11 is 0. The summed E-state index contributed by atoms with van der Waals surface area (Å²) in [5.74, 6) is -0.427. The Kier molecular flexibility index (Phi) is 5.20. The molecule has 0 unspecified atom stereocenters. The van der Waals surface area contributed by atoms with Gasteiger partial charge >= 0.3 is 0 Å². The number of benzene rings is 1. The van der Waals surface area contributed by atoms with Crippen LogP contribution in [-0.4, -0.2) is 12.5 Å². The summed E-state index contributed by atoms with van der Waals surface area (Å²) in [5, 5.41) is 14.4. The Bertz CT molecular complexity index is 512. The minimum atomic E-state index is -0.427. The van der Waals surface area contributed by atoms with Crippen molar-refractivity contribution in [3.63, 3.8) is 0 Å². The topological polar surface area (TPSA) is 64.9 Å². The van der Waals surface area contributed by atoms with E-state index in [1.165, 1.54) is 6.20 Å². The highest BCUT2D eigenvalue weighted by molar-refractivity contribution is 6.06. The standard InChI is InChI=1S/C14H15N3O/c1-3-8-16-10-12(9-15)14(18)17-13-7-5-4-6-11(13)2/h3-7,10,16H,1,8H2,2H3,(H,17,18)/b12-10-.